The topological polar surface area (TPSA) is 89.9 Å². The molecule has 1 aromatic carbocycles. The third-order valence-electron chi connectivity index (χ3n) is 15.2. The quantitative estimate of drug-likeness (QED) is 0.292. The van der Waals surface area contributed by atoms with Gasteiger partial charge in [-0.3, -0.25) is 18.8 Å². The van der Waals surface area contributed by atoms with Crippen molar-refractivity contribution in [3.8, 4) is 0 Å². The Hall–Kier alpha value is -3.06. The highest BCUT2D eigenvalue weighted by Crippen LogP contribution is 2.73. The van der Waals surface area contributed by atoms with Crippen molar-refractivity contribution in [3.63, 3.8) is 0 Å². The van der Waals surface area contributed by atoms with Gasteiger partial charge in [0.25, 0.3) is 0 Å². The maximum atomic E-state index is 13.4. The molecular formula is C47H67FO6. The fraction of sp³-hybridized carbons (Fsp3) is 0.681. The number of methoxy groups -OCH3 is 1. The van der Waals surface area contributed by atoms with E-state index in [1.165, 1.54) is 50.0 Å². The largest absolute Gasteiger partial charge is 0.469 e. The number of rotatable bonds is 6. The third-order valence-corrected chi connectivity index (χ3v) is 15.2. The lowest BCUT2D eigenvalue weighted by atomic mass is 9.37. The van der Waals surface area contributed by atoms with Crippen molar-refractivity contribution in [1.29, 1.82) is 0 Å². The number of carbonyl (C=O) groups is 3. The zero-order chi connectivity index (χ0) is 39.6. The van der Waals surface area contributed by atoms with Crippen LogP contribution in [0.4, 0.5) is 4.39 Å². The number of esters is 2. The molecule has 0 aromatic heterocycles. The molecule has 7 heteroatoms. The molecule has 7 rings (SSSR count). The third kappa shape index (κ3) is 7.44. The summed E-state index contributed by atoms with van der Waals surface area (Å²) in [6.07, 6.45) is 16.2. The summed E-state index contributed by atoms with van der Waals surface area (Å²) < 4.78 is 19.3. The van der Waals surface area contributed by atoms with Crippen LogP contribution in [-0.2, 0) is 30.5 Å². The van der Waals surface area contributed by atoms with E-state index in [9.17, 15) is 23.9 Å². The van der Waals surface area contributed by atoms with E-state index >= 15 is 0 Å². The molecule has 0 amide bonds. The van der Waals surface area contributed by atoms with Crippen LogP contribution in [0.25, 0.3) is 0 Å². The summed E-state index contributed by atoms with van der Waals surface area (Å²) in [7, 11) is 1.85. The number of halogens is 1. The van der Waals surface area contributed by atoms with Crippen molar-refractivity contribution in [2.75, 3.05) is 20.9 Å². The lowest BCUT2D eigenvalue weighted by Crippen LogP contribution is -2.60. The highest BCUT2D eigenvalue weighted by Gasteiger charge is 2.65. The van der Waals surface area contributed by atoms with Crippen molar-refractivity contribution < 1.29 is 33.4 Å². The molecule has 6 aliphatic carbocycles. The molecule has 54 heavy (non-hydrogen) atoms. The average Bonchev–Trinajstić information content (AvgIpc) is 3.48. The van der Waals surface area contributed by atoms with E-state index < -0.39 is 0 Å². The van der Waals surface area contributed by atoms with E-state index in [2.05, 4.69) is 58.4 Å². The summed E-state index contributed by atoms with van der Waals surface area (Å²) >= 11 is 0. The minimum absolute atomic E-state index is 0.0489. The fourth-order valence-corrected chi connectivity index (χ4v) is 12.9. The SMILES string of the molecule is CC(C)C1=C2C3CCC4C(C)(CCC5C(C)(C)C(C6=CCC(C(=O)OCc7ccccc7)CC6)=CCC54C)C3CCC2(CO)CC1=O.CF.COC(C)=O. The predicted molar refractivity (Wildman–Crippen MR) is 212 cm³/mol. The van der Waals surface area contributed by atoms with E-state index in [0.29, 0.717) is 49.7 Å². The Morgan fingerprint density at radius 1 is 0.926 bits per heavy atom. The molecule has 0 bridgehead atoms. The number of alkyl halides is 1. The molecule has 0 saturated heterocycles. The molecule has 8 unspecified atom stereocenters. The molecule has 6 aliphatic rings. The van der Waals surface area contributed by atoms with E-state index in [0.717, 1.165) is 56.1 Å². The van der Waals surface area contributed by atoms with Gasteiger partial charge in [-0.25, -0.2) is 0 Å². The van der Waals surface area contributed by atoms with E-state index in [-0.39, 0.29) is 52.0 Å². The first-order valence-electron chi connectivity index (χ1n) is 20.5. The van der Waals surface area contributed by atoms with Crippen molar-refractivity contribution in [2.45, 2.75) is 126 Å². The van der Waals surface area contributed by atoms with Gasteiger partial charge in [0, 0.05) is 18.8 Å². The summed E-state index contributed by atoms with van der Waals surface area (Å²) in [6, 6.07) is 9.96. The smallest absolute Gasteiger partial charge is 0.309 e. The standard InChI is InChI=1S/C43H58O4.C3H6O2.CH3F/c1-27(2)37-34(45)24-43(26-44)23-19-33-31(38(37)43)16-17-36-41(33,5)22-20-35-40(3,4)32(18-21-42(35,36)6)29-12-14-30(15-13-29)39(46)47-25-28-10-8-7-9-11-28;1-3(4)5-2;1-2/h7-12,18,27,30-31,33,35-36,44H,13-17,19-26H2,1-6H3;1-2H3;1H3. The van der Waals surface area contributed by atoms with Gasteiger partial charge in [-0.1, -0.05) is 89.6 Å². The van der Waals surface area contributed by atoms with Crippen LogP contribution in [0.3, 0.4) is 0 Å². The zero-order valence-electron chi connectivity index (χ0n) is 34.6. The second-order valence-electron chi connectivity index (χ2n) is 18.5. The number of ketones is 1. The van der Waals surface area contributed by atoms with Crippen LogP contribution in [0, 0.1) is 57.2 Å². The van der Waals surface area contributed by atoms with Crippen LogP contribution in [0.1, 0.15) is 125 Å². The monoisotopic (exact) mass is 746 g/mol. The highest BCUT2D eigenvalue weighted by molar-refractivity contribution is 6.00. The number of allylic oxidation sites excluding steroid dienone is 5. The molecule has 0 aliphatic heterocycles. The minimum Gasteiger partial charge on any atom is -0.469 e. The normalized spacial score (nSPS) is 35.0. The van der Waals surface area contributed by atoms with Crippen LogP contribution in [0.5, 0.6) is 0 Å². The average molecular weight is 747 g/mol. The van der Waals surface area contributed by atoms with Gasteiger partial charge in [0.15, 0.2) is 5.78 Å². The Morgan fingerprint density at radius 2 is 1.61 bits per heavy atom. The second-order valence-corrected chi connectivity index (χ2v) is 18.5. The lowest BCUT2D eigenvalue weighted by molar-refractivity contribution is -0.160. The van der Waals surface area contributed by atoms with Crippen molar-refractivity contribution >= 4 is 17.7 Å². The first-order valence-corrected chi connectivity index (χ1v) is 20.5. The summed E-state index contributed by atoms with van der Waals surface area (Å²) in [6.45, 7) is 16.5. The van der Waals surface area contributed by atoms with Gasteiger partial charge in [-0.15, -0.1) is 0 Å². The summed E-state index contributed by atoms with van der Waals surface area (Å²) in [5, 5.41) is 10.7. The minimum atomic E-state index is -0.294. The van der Waals surface area contributed by atoms with Gasteiger partial charge in [0.05, 0.1) is 26.8 Å². The van der Waals surface area contributed by atoms with Crippen LogP contribution in [0.2, 0.25) is 0 Å². The predicted octanol–water partition coefficient (Wildman–Crippen LogP) is 10.3. The number of carbonyl (C=O) groups excluding carboxylic acids is 3. The van der Waals surface area contributed by atoms with Gasteiger partial charge in [-0.2, -0.15) is 0 Å². The summed E-state index contributed by atoms with van der Waals surface area (Å²) in [5.74, 6) is 2.52. The number of aliphatic hydroxyl groups is 1. The zero-order valence-corrected chi connectivity index (χ0v) is 34.6. The van der Waals surface area contributed by atoms with Crippen molar-refractivity contribution in [3.05, 3.63) is 70.3 Å². The van der Waals surface area contributed by atoms with Crippen molar-refractivity contribution in [2.24, 2.45) is 57.2 Å². The van der Waals surface area contributed by atoms with E-state index in [1.54, 1.807) is 0 Å². The first kappa shape index (κ1) is 42.1. The molecular weight excluding hydrogens is 680 g/mol. The molecule has 0 spiro atoms. The number of aliphatic hydroxyl groups excluding tert-OH is 1. The van der Waals surface area contributed by atoms with Crippen LogP contribution in [0.15, 0.2) is 64.8 Å². The van der Waals surface area contributed by atoms with E-state index in [1.807, 2.05) is 30.3 Å². The number of Topliss-reactive ketones (excluding diaryl/α,β-unsaturated/α-hetero) is 1. The molecule has 8 atom stereocenters. The van der Waals surface area contributed by atoms with Gasteiger partial charge in [0.2, 0.25) is 0 Å². The van der Waals surface area contributed by atoms with Crippen LogP contribution >= 0.6 is 0 Å². The summed E-state index contributed by atoms with van der Waals surface area (Å²) in [4.78, 5) is 35.9. The first-order chi connectivity index (χ1) is 25.6. The Kier molecular flexibility index (Phi) is 12.9. The highest BCUT2D eigenvalue weighted by atomic mass is 19.1. The molecule has 1 N–H and O–H groups in total. The molecule has 298 valence electrons. The molecule has 0 radical (unpaired) electrons. The van der Waals surface area contributed by atoms with E-state index in [4.69, 9.17) is 4.74 Å². The van der Waals surface area contributed by atoms with Gasteiger partial charge >= 0.3 is 11.9 Å². The molecule has 3 saturated carbocycles. The number of ether oxygens (including phenoxy) is 2. The Labute approximate surface area is 324 Å². The van der Waals surface area contributed by atoms with Gasteiger partial charge in [-0.05, 0) is 132 Å². The number of hydrogen-bond donors (Lipinski definition) is 1. The molecule has 3 fully saturated rings. The lowest BCUT2D eigenvalue weighted by Gasteiger charge is -2.68. The van der Waals surface area contributed by atoms with Gasteiger partial charge < -0.3 is 14.6 Å². The number of fused-ring (bicyclic) bond motifs is 7. The molecule has 1 aromatic rings. The van der Waals surface area contributed by atoms with Crippen molar-refractivity contribution in [1.82, 2.24) is 0 Å². The fourth-order valence-electron chi connectivity index (χ4n) is 12.9. The Morgan fingerprint density at radius 3 is 2.20 bits per heavy atom. The maximum Gasteiger partial charge on any atom is 0.309 e. The van der Waals surface area contributed by atoms with Crippen LogP contribution in [-0.4, -0.2) is 43.7 Å². The van der Waals surface area contributed by atoms with Crippen LogP contribution < -0.4 is 0 Å². The number of benzene rings is 1. The molecule has 0 heterocycles. The molecule has 6 nitrogen and oxygen atoms in total. The maximum absolute atomic E-state index is 13.4. The summed E-state index contributed by atoms with van der Waals surface area (Å²) in [5.41, 5.74) is 6.80. The Balaban J connectivity index is 0.000000742. The number of hydrogen-bond acceptors (Lipinski definition) is 6. The Bertz CT molecular complexity index is 1640. The second kappa shape index (κ2) is 16.6. The van der Waals surface area contributed by atoms with Gasteiger partial charge in [0.1, 0.15) is 6.61 Å².